The number of aromatic hydroxyl groups is 1. The summed E-state index contributed by atoms with van der Waals surface area (Å²) in [5, 5.41) is 19.3. The number of rotatable bonds is 5. The molecule has 6 heteroatoms. The summed E-state index contributed by atoms with van der Waals surface area (Å²) in [6.45, 7) is 2.03. The van der Waals surface area contributed by atoms with E-state index < -0.39 is 0 Å². The average Bonchev–Trinajstić information content (AvgIpc) is 2.92. The first kappa shape index (κ1) is 15.7. The Morgan fingerprint density at radius 2 is 2.04 bits per heavy atom. The van der Waals surface area contributed by atoms with Gasteiger partial charge in [0.25, 0.3) is 5.56 Å². The quantitative estimate of drug-likeness (QED) is 0.754. The lowest BCUT2D eigenvalue weighted by molar-refractivity contribution is 0.165. The fraction of sp³-hybridized carbons (Fsp3) is 0.294. The van der Waals surface area contributed by atoms with Crippen LogP contribution in [0.5, 0.6) is 5.75 Å². The van der Waals surface area contributed by atoms with E-state index in [1.807, 2.05) is 13.0 Å². The van der Waals surface area contributed by atoms with Crippen molar-refractivity contribution in [3.63, 3.8) is 0 Å². The lowest BCUT2D eigenvalue weighted by Gasteiger charge is -2.05. The van der Waals surface area contributed by atoms with Crippen LogP contribution >= 0.6 is 11.3 Å². The molecule has 2 heterocycles. The van der Waals surface area contributed by atoms with E-state index in [1.165, 1.54) is 34.4 Å². The summed E-state index contributed by atoms with van der Waals surface area (Å²) in [6.07, 6.45) is 3.34. The highest BCUT2D eigenvalue weighted by atomic mass is 32.1. The van der Waals surface area contributed by atoms with Crippen molar-refractivity contribution >= 4 is 21.6 Å². The zero-order chi connectivity index (χ0) is 16.4. The van der Waals surface area contributed by atoms with Crippen LogP contribution in [0.1, 0.15) is 24.6 Å². The van der Waals surface area contributed by atoms with E-state index in [0.29, 0.717) is 22.3 Å². The molecular formula is C17H18N2O3S. The monoisotopic (exact) mass is 330 g/mol. The van der Waals surface area contributed by atoms with Gasteiger partial charge in [-0.05, 0) is 36.8 Å². The summed E-state index contributed by atoms with van der Waals surface area (Å²) >= 11 is 1.38. The summed E-state index contributed by atoms with van der Waals surface area (Å²) in [4.78, 5) is 18.0. The highest BCUT2D eigenvalue weighted by molar-refractivity contribution is 7.18. The lowest BCUT2D eigenvalue weighted by Crippen LogP contribution is -2.17. The van der Waals surface area contributed by atoms with E-state index in [1.54, 1.807) is 12.1 Å². The summed E-state index contributed by atoms with van der Waals surface area (Å²) in [5.41, 5.74) is 1.18. The molecule has 0 saturated carbocycles. The molecule has 0 amide bonds. The average molecular weight is 330 g/mol. The highest BCUT2D eigenvalue weighted by Gasteiger charge is 2.12. The van der Waals surface area contributed by atoms with Gasteiger partial charge in [-0.25, -0.2) is 4.98 Å². The molecule has 5 nitrogen and oxygen atoms in total. The van der Waals surface area contributed by atoms with Crippen molar-refractivity contribution in [1.29, 1.82) is 0 Å². The van der Waals surface area contributed by atoms with Crippen LogP contribution in [0, 0.1) is 0 Å². The SMILES string of the molecule is CCCC(O)Cc1cc2ncn(-c3ccc(O)cc3)c(=O)c2s1. The van der Waals surface area contributed by atoms with Gasteiger partial charge in [-0.3, -0.25) is 9.36 Å². The molecule has 2 N–H and O–H groups in total. The van der Waals surface area contributed by atoms with Crippen LogP contribution < -0.4 is 5.56 Å². The molecule has 0 bridgehead atoms. The third-order valence-corrected chi connectivity index (χ3v) is 4.81. The summed E-state index contributed by atoms with van der Waals surface area (Å²) < 4.78 is 2.05. The van der Waals surface area contributed by atoms with Crippen molar-refractivity contribution in [2.24, 2.45) is 0 Å². The Morgan fingerprint density at radius 3 is 2.74 bits per heavy atom. The van der Waals surface area contributed by atoms with E-state index in [0.717, 1.165) is 17.7 Å². The number of hydrogen-bond acceptors (Lipinski definition) is 5. The van der Waals surface area contributed by atoms with Crippen molar-refractivity contribution in [1.82, 2.24) is 9.55 Å². The third-order valence-electron chi connectivity index (χ3n) is 3.68. The minimum absolute atomic E-state index is 0.137. The number of hydrogen-bond donors (Lipinski definition) is 2. The van der Waals surface area contributed by atoms with Gasteiger partial charge in [-0.15, -0.1) is 11.3 Å². The van der Waals surface area contributed by atoms with Crippen LogP contribution in [-0.2, 0) is 6.42 Å². The van der Waals surface area contributed by atoms with Gasteiger partial charge in [0.05, 0.1) is 17.3 Å². The van der Waals surface area contributed by atoms with Crippen LogP contribution in [0.4, 0.5) is 0 Å². The minimum atomic E-state index is -0.382. The van der Waals surface area contributed by atoms with Crippen molar-refractivity contribution in [3.8, 4) is 11.4 Å². The molecule has 120 valence electrons. The molecule has 0 radical (unpaired) electrons. The Bertz CT molecular complexity index is 868. The zero-order valence-electron chi connectivity index (χ0n) is 12.8. The van der Waals surface area contributed by atoms with Crippen LogP contribution in [-0.4, -0.2) is 25.9 Å². The highest BCUT2D eigenvalue weighted by Crippen LogP contribution is 2.23. The van der Waals surface area contributed by atoms with Crippen LogP contribution in [0.3, 0.4) is 0 Å². The van der Waals surface area contributed by atoms with Gasteiger partial charge in [0, 0.05) is 11.3 Å². The van der Waals surface area contributed by atoms with Crippen molar-refractivity contribution in [2.75, 3.05) is 0 Å². The maximum Gasteiger partial charge on any atom is 0.275 e. The largest absolute Gasteiger partial charge is 0.508 e. The molecule has 0 aliphatic carbocycles. The summed E-state index contributed by atoms with van der Waals surface area (Å²) in [7, 11) is 0. The standard InChI is InChI=1S/C17H18N2O3S/c1-2-3-13(21)8-14-9-15-16(23-14)17(22)19(10-18-15)11-4-6-12(20)7-5-11/h4-7,9-10,13,20-21H,2-3,8H2,1H3. The molecule has 23 heavy (non-hydrogen) atoms. The second-order valence-corrected chi connectivity index (χ2v) is 6.65. The summed E-state index contributed by atoms with van der Waals surface area (Å²) in [5.74, 6) is 0.152. The first-order chi connectivity index (χ1) is 11.1. The fourth-order valence-corrected chi connectivity index (χ4v) is 3.64. The van der Waals surface area contributed by atoms with Crippen molar-refractivity contribution in [3.05, 3.63) is 51.9 Å². The van der Waals surface area contributed by atoms with Gasteiger partial charge in [-0.1, -0.05) is 13.3 Å². The van der Waals surface area contributed by atoms with E-state index in [9.17, 15) is 15.0 Å². The molecule has 0 saturated heterocycles. The molecule has 0 aliphatic heterocycles. The Kier molecular flexibility index (Phi) is 4.45. The van der Waals surface area contributed by atoms with Crippen LogP contribution in [0.15, 0.2) is 41.5 Å². The smallest absolute Gasteiger partial charge is 0.275 e. The number of phenols is 1. The molecular weight excluding hydrogens is 312 g/mol. The number of phenolic OH excluding ortho intramolecular Hbond substituents is 1. The van der Waals surface area contributed by atoms with Crippen LogP contribution in [0.2, 0.25) is 0 Å². The Labute approximate surface area is 137 Å². The molecule has 2 aromatic heterocycles. The molecule has 1 unspecified atom stereocenters. The topological polar surface area (TPSA) is 75.3 Å². The minimum Gasteiger partial charge on any atom is -0.508 e. The second kappa shape index (κ2) is 6.52. The van der Waals surface area contributed by atoms with Gasteiger partial charge in [0.1, 0.15) is 16.8 Å². The molecule has 0 spiro atoms. The van der Waals surface area contributed by atoms with E-state index in [-0.39, 0.29) is 17.4 Å². The molecule has 0 aliphatic rings. The van der Waals surface area contributed by atoms with E-state index in [2.05, 4.69) is 4.98 Å². The normalized spacial score (nSPS) is 12.6. The number of thiophene rings is 1. The Morgan fingerprint density at radius 1 is 1.30 bits per heavy atom. The van der Waals surface area contributed by atoms with E-state index >= 15 is 0 Å². The number of aromatic nitrogens is 2. The third kappa shape index (κ3) is 3.28. The van der Waals surface area contributed by atoms with Gasteiger partial charge in [0.15, 0.2) is 0 Å². The van der Waals surface area contributed by atoms with Gasteiger partial charge >= 0.3 is 0 Å². The Hall–Kier alpha value is -2.18. The molecule has 1 atom stereocenters. The first-order valence-electron chi connectivity index (χ1n) is 7.56. The molecule has 1 aromatic carbocycles. The second-order valence-electron chi connectivity index (χ2n) is 5.51. The molecule has 3 rings (SSSR count). The van der Waals surface area contributed by atoms with Gasteiger partial charge in [-0.2, -0.15) is 0 Å². The number of benzene rings is 1. The maximum absolute atomic E-state index is 12.6. The van der Waals surface area contributed by atoms with Crippen LogP contribution in [0.25, 0.3) is 15.9 Å². The Balaban J connectivity index is 1.99. The maximum atomic E-state index is 12.6. The molecule has 0 fully saturated rings. The number of fused-ring (bicyclic) bond motifs is 1. The number of aliphatic hydroxyl groups is 1. The fourth-order valence-electron chi connectivity index (χ4n) is 2.53. The molecule has 3 aromatic rings. The lowest BCUT2D eigenvalue weighted by atomic mass is 10.1. The number of nitrogens with zero attached hydrogens (tertiary/aromatic N) is 2. The van der Waals surface area contributed by atoms with Gasteiger partial charge < -0.3 is 10.2 Å². The van der Waals surface area contributed by atoms with Gasteiger partial charge in [0.2, 0.25) is 0 Å². The predicted octanol–water partition coefficient (Wildman–Crippen LogP) is 2.86. The first-order valence-corrected chi connectivity index (χ1v) is 8.37. The predicted molar refractivity (Wildman–Crippen MR) is 91.5 cm³/mol. The van der Waals surface area contributed by atoms with Crippen molar-refractivity contribution < 1.29 is 10.2 Å². The van der Waals surface area contributed by atoms with E-state index in [4.69, 9.17) is 0 Å². The zero-order valence-corrected chi connectivity index (χ0v) is 13.6. The summed E-state index contributed by atoms with van der Waals surface area (Å²) in [6, 6.07) is 8.29. The van der Waals surface area contributed by atoms with Crippen molar-refractivity contribution in [2.45, 2.75) is 32.3 Å². The number of aliphatic hydroxyl groups excluding tert-OH is 1.